The van der Waals surface area contributed by atoms with Crippen LogP contribution >= 0.6 is 0 Å². The van der Waals surface area contributed by atoms with E-state index in [2.05, 4.69) is 10.4 Å². The number of hydrogen-bond acceptors (Lipinski definition) is 3. The van der Waals surface area contributed by atoms with Gasteiger partial charge in [0.2, 0.25) is 0 Å². The van der Waals surface area contributed by atoms with Gasteiger partial charge < -0.3 is 4.74 Å². The normalized spacial score (nSPS) is 11.6. The maximum absolute atomic E-state index is 14.0. The first-order valence-corrected chi connectivity index (χ1v) is 5.49. The van der Waals surface area contributed by atoms with Crippen molar-refractivity contribution in [3.63, 3.8) is 0 Å². The highest BCUT2D eigenvalue weighted by Crippen LogP contribution is 2.19. The molecule has 1 amide bonds. The number of rotatable bonds is 1. The number of hydrogen-bond donors (Lipinski definition) is 1. The number of nitrogens with zero attached hydrogens (tertiary/aromatic N) is 2. The van der Waals surface area contributed by atoms with E-state index >= 15 is 0 Å². The average molecular weight is 251 g/mol. The van der Waals surface area contributed by atoms with E-state index in [0.29, 0.717) is 5.52 Å². The van der Waals surface area contributed by atoms with E-state index in [1.54, 1.807) is 27.0 Å². The molecule has 0 atom stereocenters. The number of pyridine rings is 1. The summed E-state index contributed by atoms with van der Waals surface area (Å²) >= 11 is 0. The molecule has 2 aromatic rings. The van der Waals surface area contributed by atoms with E-state index in [4.69, 9.17) is 4.74 Å². The minimum atomic E-state index is -0.690. The number of carbonyl (C=O) groups excluding carboxylic acids is 1. The van der Waals surface area contributed by atoms with Crippen LogP contribution in [0.25, 0.3) is 5.52 Å². The number of anilines is 1. The van der Waals surface area contributed by atoms with Gasteiger partial charge in [-0.25, -0.2) is 13.7 Å². The highest BCUT2D eigenvalue weighted by Gasteiger charge is 2.18. The Morgan fingerprint density at radius 2 is 2.17 bits per heavy atom. The number of aromatic nitrogens is 2. The van der Waals surface area contributed by atoms with Crippen LogP contribution in [0.2, 0.25) is 0 Å². The van der Waals surface area contributed by atoms with Crippen LogP contribution in [0.3, 0.4) is 0 Å². The van der Waals surface area contributed by atoms with Crippen LogP contribution in [-0.2, 0) is 4.74 Å². The van der Waals surface area contributed by atoms with E-state index < -0.39 is 17.5 Å². The largest absolute Gasteiger partial charge is 0.444 e. The molecule has 5 nitrogen and oxygen atoms in total. The van der Waals surface area contributed by atoms with Gasteiger partial charge in [-0.15, -0.1) is 0 Å². The summed E-state index contributed by atoms with van der Waals surface area (Å²) in [6.07, 6.45) is 2.35. The molecule has 1 N–H and O–H groups in total. The molecule has 2 aromatic heterocycles. The number of fused-ring (bicyclic) bond motifs is 1. The van der Waals surface area contributed by atoms with E-state index in [0.717, 1.165) is 0 Å². The van der Waals surface area contributed by atoms with Gasteiger partial charge in [0.1, 0.15) is 11.1 Å². The first-order valence-electron chi connectivity index (χ1n) is 5.49. The third kappa shape index (κ3) is 2.58. The van der Waals surface area contributed by atoms with Crippen LogP contribution < -0.4 is 5.32 Å². The zero-order valence-corrected chi connectivity index (χ0v) is 10.4. The van der Waals surface area contributed by atoms with Crippen molar-refractivity contribution in [1.82, 2.24) is 9.61 Å². The van der Waals surface area contributed by atoms with Crippen LogP contribution in [0.5, 0.6) is 0 Å². The highest BCUT2D eigenvalue weighted by molar-refractivity contribution is 5.86. The van der Waals surface area contributed by atoms with Crippen LogP contribution in [0.15, 0.2) is 24.5 Å². The Hall–Kier alpha value is -2.11. The van der Waals surface area contributed by atoms with Crippen molar-refractivity contribution in [2.45, 2.75) is 26.4 Å². The minimum absolute atomic E-state index is 0.0669. The zero-order chi connectivity index (χ0) is 13.3. The summed E-state index contributed by atoms with van der Waals surface area (Å²) in [5.74, 6) is -0.541. The Labute approximate surface area is 104 Å². The second-order valence-corrected chi connectivity index (χ2v) is 4.83. The zero-order valence-electron chi connectivity index (χ0n) is 10.4. The molecule has 2 heterocycles. The monoisotopic (exact) mass is 251 g/mol. The third-order valence-electron chi connectivity index (χ3n) is 2.15. The lowest BCUT2D eigenvalue weighted by atomic mass is 10.2. The molecule has 0 aromatic carbocycles. The lowest BCUT2D eigenvalue weighted by Gasteiger charge is -2.19. The van der Waals surface area contributed by atoms with E-state index in [1.165, 1.54) is 22.8 Å². The molecule has 0 saturated carbocycles. The summed E-state index contributed by atoms with van der Waals surface area (Å²) in [4.78, 5) is 11.5. The van der Waals surface area contributed by atoms with Gasteiger partial charge in [-0.05, 0) is 32.9 Å². The molecular weight excluding hydrogens is 237 g/mol. The summed E-state index contributed by atoms with van der Waals surface area (Å²) < 4.78 is 20.4. The molecule has 0 aliphatic rings. The van der Waals surface area contributed by atoms with E-state index in [-0.39, 0.29) is 5.69 Å². The van der Waals surface area contributed by atoms with Crippen LogP contribution in [-0.4, -0.2) is 21.3 Å². The number of ether oxygens (including phenoxy) is 1. The van der Waals surface area contributed by atoms with Gasteiger partial charge in [0, 0.05) is 6.20 Å². The van der Waals surface area contributed by atoms with Crippen molar-refractivity contribution in [2.24, 2.45) is 0 Å². The van der Waals surface area contributed by atoms with Crippen LogP contribution in [0, 0.1) is 5.82 Å². The Balaban J connectivity index is 2.21. The van der Waals surface area contributed by atoms with Crippen LogP contribution in [0.4, 0.5) is 14.9 Å². The second-order valence-electron chi connectivity index (χ2n) is 4.83. The van der Waals surface area contributed by atoms with Crippen molar-refractivity contribution in [3.05, 3.63) is 30.3 Å². The van der Waals surface area contributed by atoms with E-state index in [1.807, 2.05) is 0 Å². The highest BCUT2D eigenvalue weighted by atomic mass is 19.1. The predicted molar refractivity (Wildman–Crippen MR) is 65.0 cm³/mol. The molecule has 0 fully saturated rings. The first-order chi connectivity index (χ1) is 8.37. The van der Waals surface area contributed by atoms with Crippen molar-refractivity contribution in [2.75, 3.05) is 5.32 Å². The predicted octanol–water partition coefficient (Wildman–Crippen LogP) is 2.82. The topological polar surface area (TPSA) is 55.6 Å². The van der Waals surface area contributed by atoms with Gasteiger partial charge in [-0.3, -0.25) is 5.32 Å². The summed E-state index contributed by atoms with van der Waals surface area (Å²) in [7, 11) is 0. The van der Waals surface area contributed by atoms with Crippen molar-refractivity contribution < 1.29 is 13.9 Å². The van der Waals surface area contributed by atoms with Gasteiger partial charge in [0.25, 0.3) is 0 Å². The lowest BCUT2D eigenvalue weighted by molar-refractivity contribution is 0.0635. The molecule has 0 saturated heterocycles. The quantitative estimate of drug-likeness (QED) is 0.847. The SMILES string of the molecule is CC(C)(C)OC(=O)Nc1ccn2nccc2c1F. The van der Waals surface area contributed by atoms with Crippen molar-refractivity contribution >= 4 is 17.3 Å². The fourth-order valence-electron chi connectivity index (χ4n) is 1.47. The van der Waals surface area contributed by atoms with E-state index in [9.17, 15) is 9.18 Å². The Morgan fingerprint density at radius 3 is 2.83 bits per heavy atom. The number of carbonyl (C=O) groups is 1. The summed E-state index contributed by atoms with van der Waals surface area (Å²) in [6.45, 7) is 5.22. The Kier molecular flexibility index (Phi) is 2.94. The Bertz CT molecular complexity index is 587. The standard InChI is InChI=1S/C12H14FN3O2/c1-12(2,3)18-11(17)15-8-5-7-16-9(10(8)13)4-6-14-16/h4-7H,1-3H3,(H,15,17). The molecule has 18 heavy (non-hydrogen) atoms. The Morgan fingerprint density at radius 1 is 1.44 bits per heavy atom. The van der Waals surface area contributed by atoms with Gasteiger partial charge in [-0.1, -0.05) is 0 Å². The molecule has 0 unspecified atom stereocenters. The van der Waals surface area contributed by atoms with Gasteiger partial charge in [0.15, 0.2) is 5.82 Å². The summed E-state index contributed by atoms with van der Waals surface area (Å²) in [5, 5.41) is 6.26. The number of halogens is 1. The molecular formula is C12H14FN3O2. The molecule has 0 spiro atoms. The van der Waals surface area contributed by atoms with Crippen molar-refractivity contribution in [3.8, 4) is 0 Å². The first kappa shape index (κ1) is 12.3. The average Bonchev–Trinajstić information content (AvgIpc) is 2.68. The molecule has 96 valence electrons. The maximum Gasteiger partial charge on any atom is 0.412 e. The van der Waals surface area contributed by atoms with Gasteiger partial charge in [0.05, 0.1) is 11.9 Å². The molecule has 2 rings (SSSR count). The van der Waals surface area contributed by atoms with Gasteiger partial charge in [-0.2, -0.15) is 5.10 Å². The third-order valence-corrected chi connectivity index (χ3v) is 2.15. The molecule has 6 heteroatoms. The number of nitrogens with one attached hydrogen (secondary N) is 1. The minimum Gasteiger partial charge on any atom is -0.444 e. The van der Waals surface area contributed by atoms with Gasteiger partial charge >= 0.3 is 6.09 Å². The smallest absolute Gasteiger partial charge is 0.412 e. The lowest BCUT2D eigenvalue weighted by Crippen LogP contribution is -2.27. The molecule has 0 aliphatic heterocycles. The number of amides is 1. The molecule has 0 bridgehead atoms. The fraction of sp³-hybridized carbons (Fsp3) is 0.333. The van der Waals surface area contributed by atoms with Crippen molar-refractivity contribution in [1.29, 1.82) is 0 Å². The summed E-state index contributed by atoms with van der Waals surface area (Å²) in [5.41, 5.74) is -0.262. The summed E-state index contributed by atoms with van der Waals surface area (Å²) in [6, 6.07) is 2.95. The van der Waals surface area contributed by atoms with Crippen LogP contribution in [0.1, 0.15) is 20.8 Å². The molecule has 0 radical (unpaired) electrons. The second kappa shape index (κ2) is 4.29. The maximum atomic E-state index is 14.0. The fourth-order valence-corrected chi connectivity index (χ4v) is 1.47. The molecule has 0 aliphatic carbocycles.